The number of hydrogen-bond acceptors (Lipinski definition) is 5. The Morgan fingerprint density at radius 1 is 0.760 bits per heavy atom. The maximum Gasteiger partial charge on any atom is 0.223 e. The van der Waals surface area contributed by atoms with Crippen molar-refractivity contribution in [3.63, 3.8) is 0 Å². The summed E-state index contributed by atoms with van der Waals surface area (Å²) >= 11 is 0. The summed E-state index contributed by atoms with van der Waals surface area (Å²) in [6.07, 6.45) is 0.286. The lowest BCUT2D eigenvalue weighted by molar-refractivity contribution is -0.121. The van der Waals surface area contributed by atoms with Crippen LogP contribution in [-0.2, 0) is 4.79 Å². The van der Waals surface area contributed by atoms with E-state index < -0.39 is 0 Å². The predicted octanol–water partition coefficient (Wildman–Crippen LogP) is 2.67. The minimum atomic E-state index is -0.0770. The SMILES string of the molecule is COc1ccc(OCCNC(=O)CCOc2ccc(OC)cc2)cc1. The zero-order valence-corrected chi connectivity index (χ0v) is 14.5. The summed E-state index contributed by atoms with van der Waals surface area (Å²) in [5.41, 5.74) is 0. The molecule has 1 N–H and O–H groups in total. The Morgan fingerprint density at radius 2 is 1.20 bits per heavy atom. The van der Waals surface area contributed by atoms with Crippen molar-refractivity contribution in [1.82, 2.24) is 5.32 Å². The molecule has 2 aromatic carbocycles. The topological polar surface area (TPSA) is 66.0 Å². The van der Waals surface area contributed by atoms with Crippen LogP contribution in [0.1, 0.15) is 6.42 Å². The Hall–Kier alpha value is -2.89. The molecule has 2 rings (SSSR count). The minimum absolute atomic E-state index is 0.0770. The van der Waals surface area contributed by atoms with Crippen molar-refractivity contribution in [3.8, 4) is 23.0 Å². The first-order valence-corrected chi connectivity index (χ1v) is 8.01. The van der Waals surface area contributed by atoms with Gasteiger partial charge in [0.1, 0.15) is 29.6 Å². The summed E-state index contributed by atoms with van der Waals surface area (Å²) in [5.74, 6) is 2.90. The number of ether oxygens (including phenoxy) is 4. The van der Waals surface area contributed by atoms with Gasteiger partial charge in [-0.25, -0.2) is 0 Å². The van der Waals surface area contributed by atoms with Gasteiger partial charge in [-0.3, -0.25) is 4.79 Å². The van der Waals surface area contributed by atoms with Crippen LogP contribution in [-0.4, -0.2) is 39.9 Å². The van der Waals surface area contributed by atoms with Crippen LogP contribution >= 0.6 is 0 Å². The Morgan fingerprint density at radius 3 is 1.68 bits per heavy atom. The largest absolute Gasteiger partial charge is 0.497 e. The number of carbonyl (C=O) groups is 1. The van der Waals surface area contributed by atoms with Crippen molar-refractivity contribution in [2.24, 2.45) is 0 Å². The number of benzene rings is 2. The molecule has 0 aliphatic heterocycles. The van der Waals surface area contributed by atoms with Crippen LogP contribution in [0.3, 0.4) is 0 Å². The lowest BCUT2D eigenvalue weighted by Gasteiger charge is -2.09. The first-order valence-electron chi connectivity index (χ1n) is 8.01. The lowest BCUT2D eigenvalue weighted by atomic mass is 10.3. The number of methoxy groups -OCH3 is 2. The summed E-state index contributed by atoms with van der Waals surface area (Å²) in [6.45, 7) is 1.16. The molecule has 134 valence electrons. The van der Waals surface area contributed by atoms with Crippen LogP contribution in [0.5, 0.6) is 23.0 Å². The molecule has 0 aromatic heterocycles. The van der Waals surface area contributed by atoms with Crippen LogP contribution in [0, 0.1) is 0 Å². The zero-order chi connectivity index (χ0) is 17.9. The van der Waals surface area contributed by atoms with Crippen molar-refractivity contribution in [1.29, 1.82) is 0 Å². The number of nitrogens with one attached hydrogen (secondary N) is 1. The van der Waals surface area contributed by atoms with Crippen molar-refractivity contribution in [2.45, 2.75) is 6.42 Å². The fourth-order valence-electron chi connectivity index (χ4n) is 2.05. The highest BCUT2D eigenvalue weighted by atomic mass is 16.5. The summed E-state index contributed by atoms with van der Waals surface area (Å²) in [7, 11) is 3.22. The number of rotatable bonds is 10. The van der Waals surface area contributed by atoms with Gasteiger partial charge in [-0.2, -0.15) is 0 Å². The molecular formula is C19H23NO5. The quantitative estimate of drug-likeness (QED) is 0.671. The van der Waals surface area contributed by atoms with Crippen LogP contribution in [0.2, 0.25) is 0 Å². The van der Waals surface area contributed by atoms with E-state index in [0.29, 0.717) is 25.5 Å². The van der Waals surface area contributed by atoms with Gasteiger partial charge in [-0.15, -0.1) is 0 Å². The number of amides is 1. The number of carbonyl (C=O) groups excluding carboxylic acids is 1. The maximum absolute atomic E-state index is 11.7. The third kappa shape index (κ3) is 6.63. The Kier molecular flexibility index (Phi) is 7.43. The van der Waals surface area contributed by atoms with E-state index in [-0.39, 0.29) is 12.3 Å². The molecule has 0 fully saturated rings. The first kappa shape index (κ1) is 18.4. The molecule has 6 heteroatoms. The van der Waals surface area contributed by atoms with Gasteiger partial charge in [0.2, 0.25) is 5.91 Å². The summed E-state index contributed by atoms with van der Waals surface area (Å²) in [5, 5.41) is 2.79. The smallest absolute Gasteiger partial charge is 0.223 e. The van der Waals surface area contributed by atoms with Crippen LogP contribution in [0.15, 0.2) is 48.5 Å². The molecule has 0 heterocycles. The normalized spacial score (nSPS) is 10.0. The molecule has 0 saturated carbocycles. The molecule has 6 nitrogen and oxygen atoms in total. The van der Waals surface area contributed by atoms with E-state index in [1.54, 1.807) is 26.4 Å². The van der Waals surface area contributed by atoms with E-state index in [1.807, 2.05) is 36.4 Å². The van der Waals surface area contributed by atoms with Crippen LogP contribution in [0.25, 0.3) is 0 Å². The average molecular weight is 345 g/mol. The van der Waals surface area contributed by atoms with Crippen molar-refractivity contribution >= 4 is 5.91 Å². The molecule has 0 atom stereocenters. The van der Waals surface area contributed by atoms with Crippen molar-refractivity contribution < 1.29 is 23.7 Å². The summed E-state index contributed by atoms with van der Waals surface area (Å²) < 4.78 is 21.2. The molecule has 0 aliphatic rings. The highest BCUT2D eigenvalue weighted by Gasteiger charge is 2.02. The van der Waals surface area contributed by atoms with Gasteiger partial charge in [-0.05, 0) is 48.5 Å². The molecule has 0 unspecified atom stereocenters. The second-order valence-electron chi connectivity index (χ2n) is 5.15. The second kappa shape index (κ2) is 10.1. The molecule has 2 aromatic rings. The van der Waals surface area contributed by atoms with E-state index in [0.717, 1.165) is 17.2 Å². The fourth-order valence-corrected chi connectivity index (χ4v) is 2.05. The second-order valence-corrected chi connectivity index (χ2v) is 5.15. The molecule has 0 radical (unpaired) electrons. The summed E-state index contributed by atoms with van der Waals surface area (Å²) in [4.78, 5) is 11.7. The van der Waals surface area contributed by atoms with E-state index in [9.17, 15) is 4.79 Å². The number of hydrogen-bond donors (Lipinski definition) is 1. The molecule has 0 aliphatic carbocycles. The first-order chi connectivity index (χ1) is 12.2. The monoisotopic (exact) mass is 345 g/mol. The van der Waals surface area contributed by atoms with Gasteiger partial charge >= 0.3 is 0 Å². The molecular weight excluding hydrogens is 322 g/mol. The Bertz CT molecular complexity index is 640. The van der Waals surface area contributed by atoms with Crippen LogP contribution in [0.4, 0.5) is 0 Å². The average Bonchev–Trinajstić information content (AvgIpc) is 2.66. The van der Waals surface area contributed by atoms with Gasteiger partial charge in [-0.1, -0.05) is 0 Å². The van der Waals surface area contributed by atoms with Gasteiger partial charge in [0.25, 0.3) is 0 Å². The predicted molar refractivity (Wildman–Crippen MR) is 94.6 cm³/mol. The highest BCUT2D eigenvalue weighted by molar-refractivity contribution is 5.75. The minimum Gasteiger partial charge on any atom is -0.497 e. The lowest BCUT2D eigenvalue weighted by Crippen LogP contribution is -2.29. The van der Waals surface area contributed by atoms with Gasteiger partial charge < -0.3 is 24.3 Å². The van der Waals surface area contributed by atoms with Crippen molar-refractivity contribution in [2.75, 3.05) is 34.0 Å². The molecule has 0 saturated heterocycles. The fraction of sp³-hybridized carbons (Fsp3) is 0.316. The van der Waals surface area contributed by atoms with Crippen molar-refractivity contribution in [3.05, 3.63) is 48.5 Å². The molecule has 0 spiro atoms. The molecule has 1 amide bonds. The van der Waals surface area contributed by atoms with Gasteiger partial charge in [0.15, 0.2) is 0 Å². The maximum atomic E-state index is 11.7. The third-order valence-electron chi connectivity index (χ3n) is 3.41. The Labute approximate surface area is 147 Å². The van der Waals surface area contributed by atoms with E-state index >= 15 is 0 Å². The standard InChI is InChI=1S/C19H23NO5/c1-22-15-3-7-17(8-4-15)24-13-11-19(21)20-12-14-25-18-9-5-16(23-2)6-10-18/h3-10H,11-14H2,1-2H3,(H,20,21). The van der Waals surface area contributed by atoms with E-state index in [4.69, 9.17) is 18.9 Å². The molecule has 0 bridgehead atoms. The van der Waals surface area contributed by atoms with Gasteiger partial charge in [0.05, 0.1) is 33.8 Å². The zero-order valence-electron chi connectivity index (χ0n) is 14.5. The molecule has 25 heavy (non-hydrogen) atoms. The third-order valence-corrected chi connectivity index (χ3v) is 3.41. The summed E-state index contributed by atoms with van der Waals surface area (Å²) in [6, 6.07) is 14.5. The van der Waals surface area contributed by atoms with E-state index in [2.05, 4.69) is 5.32 Å². The van der Waals surface area contributed by atoms with Crippen LogP contribution < -0.4 is 24.3 Å². The van der Waals surface area contributed by atoms with Gasteiger partial charge in [0, 0.05) is 0 Å². The highest BCUT2D eigenvalue weighted by Crippen LogP contribution is 2.17. The Balaban J connectivity index is 1.57. The van der Waals surface area contributed by atoms with E-state index in [1.165, 1.54) is 0 Å².